The molecule has 2 rings (SSSR count). The van der Waals surface area contributed by atoms with Crippen LogP contribution in [0.2, 0.25) is 5.02 Å². The smallest absolute Gasteiger partial charge is 0.212 e. The number of hydrogen-bond acceptors (Lipinski definition) is 2. The van der Waals surface area contributed by atoms with Crippen LogP contribution in [0.3, 0.4) is 0 Å². The normalized spacial score (nSPS) is 10.3. The number of rotatable bonds is 2. The molecule has 0 atom stereocenters. The van der Waals surface area contributed by atoms with Gasteiger partial charge in [-0.1, -0.05) is 23.7 Å². The van der Waals surface area contributed by atoms with Gasteiger partial charge in [-0.3, -0.25) is 4.79 Å². The van der Waals surface area contributed by atoms with Gasteiger partial charge in [0, 0.05) is 23.8 Å². The van der Waals surface area contributed by atoms with Gasteiger partial charge >= 0.3 is 0 Å². The second-order valence-corrected chi connectivity index (χ2v) is 3.70. The minimum absolute atomic E-state index is 0.113. The summed E-state index contributed by atoms with van der Waals surface area (Å²) in [5, 5.41) is 0.553. The molecule has 0 aliphatic carbocycles. The van der Waals surface area contributed by atoms with Crippen LogP contribution in [0, 0.1) is 0 Å². The Balaban J connectivity index is 2.36. The molecule has 2 aromatic rings. The largest absolute Gasteiger partial charge is 0.340 e. The van der Waals surface area contributed by atoms with Crippen LogP contribution in [0.25, 0.3) is 0 Å². The van der Waals surface area contributed by atoms with Gasteiger partial charge in [0.2, 0.25) is 5.78 Å². The fourth-order valence-corrected chi connectivity index (χ4v) is 1.50. The minimum Gasteiger partial charge on any atom is -0.340 e. The molecule has 0 spiro atoms. The SMILES string of the molecule is Cn1cnc(C(=O)c2cccc(Cl)c2)c1. The van der Waals surface area contributed by atoms with Crippen LogP contribution in [-0.2, 0) is 7.05 Å². The van der Waals surface area contributed by atoms with E-state index in [1.54, 1.807) is 41.4 Å². The Morgan fingerprint density at radius 1 is 1.47 bits per heavy atom. The second-order valence-electron chi connectivity index (χ2n) is 3.26. The number of aryl methyl sites for hydroxylation is 1. The van der Waals surface area contributed by atoms with Crippen molar-refractivity contribution in [1.29, 1.82) is 0 Å². The third-order valence-corrected chi connectivity index (χ3v) is 2.26. The van der Waals surface area contributed by atoms with Crippen molar-refractivity contribution in [2.45, 2.75) is 0 Å². The van der Waals surface area contributed by atoms with E-state index < -0.39 is 0 Å². The van der Waals surface area contributed by atoms with E-state index in [9.17, 15) is 4.79 Å². The summed E-state index contributed by atoms with van der Waals surface area (Å²) in [6, 6.07) is 6.84. The number of hydrogen-bond donors (Lipinski definition) is 0. The lowest BCUT2D eigenvalue weighted by atomic mass is 10.1. The lowest BCUT2D eigenvalue weighted by Crippen LogP contribution is -2.01. The highest BCUT2D eigenvalue weighted by atomic mass is 35.5. The Bertz CT molecular complexity index is 505. The highest BCUT2D eigenvalue weighted by Gasteiger charge is 2.11. The number of carbonyl (C=O) groups is 1. The summed E-state index contributed by atoms with van der Waals surface area (Å²) in [5.74, 6) is -0.113. The van der Waals surface area contributed by atoms with Crippen LogP contribution in [0.4, 0.5) is 0 Å². The molecule has 4 heteroatoms. The van der Waals surface area contributed by atoms with Gasteiger partial charge in [0.05, 0.1) is 6.33 Å². The van der Waals surface area contributed by atoms with Crippen LogP contribution in [0.1, 0.15) is 16.1 Å². The maximum Gasteiger partial charge on any atom is 0.212 e. The van der Waals surface area contributed by atoms with E-state index in [1.807, 2.05) is 7.05 Å². The maximum absolute atomic E-state index is 11.9. The number of ketones is 1. The molecule has 0 radical (unpaired) electrons. The van der Waals surface area contributed by atoms with E-state index in [2.05, 4.69) is 4.98 Å². The number of halogens is 1. The zero-order valence-corrected chi connectivity index (χ0v) is 8.90. The topological polar surface area (TPSA) is 34.9 Å². The van der Waals surface area contributed by atoms with Gasteiger partial charge in [-0.2, -0.15) is 0 Å². The molecule has 1 aromatic heterocycles. The molecular weight excluding hydrogens is 212 g/mol. The third kappa shape index (κ3) is 2.07. The maximum atomic E-state index is 11.9. The summed E-state index contributed by atoms with van der Waals surface area (Å²) in [4.78, 5) is 15.9. The molecule has 76 valence electrons. The van der Waals surface area contributed by atoms with E-state index in [-0.39, 0.29) is 5.78 Å². The van der Waals surface area contributed by atoms with Gasteiger partial charge in [-0.25, -0.2) is 4.98 Å². The molecular formula is C11H9ClN2O. The number of nitrogens with zero attached hydrogens (tertiary/aromatic N) is 2. The summed E-state index contributed by atoms with van der Waals surface area (Å²) >= 11 is 5.80. The standard InChI is InChI=1S/C11H9ClN2O/c1-14-6-10(13-7-14)11(15)8-3-2-4-9(12)5-8/h2-7H,1H3. The van der Waals surface area contributed by atoms with Crippen molar-refractivity contribution < 1.29 is 4.79 Å². The average molecular weight is 221 g/mol. The zero-order valence-electron chi connectivity index (χ0n) is 8.14. The van der Waals surface area contributed by atoms with Gasteiger partial charge in [0.25, 0.3) is 0 Å². The summed E-state index contributed by atoms with van der Waals surface area (Å²) in [5.41, 5.74) is 0.987. The lowest BCUT2D eigenvalue weighted by Gasteiger charge is -1.97. The van der Waals surface area contributed by atoms with Crippen molar-refractivity contribution in [3.63, 3.8) is 0 Å². The molecule has 0 saturated heterocycles. The van der Waals surface area contributed by atoms with Crippen LogP contribution >= 0.6 is 11.6 Å². The van der Waals surface area contributed by atoms with Crippen LogP contribution in [0.15, 0.2) is 36.8 Å². The molecule has 0 unspecified atom stereocenters. The quantitative estimate of drug-likeness (QED) is 0.728. The molecule has 0 fully saturated rings. The first kappa shape index (κ1) is 9.93. The molecule has 0 aliphatic heterocycles. The van der Waals surface area contributed by atoms with Crippen molar-refractivity contribution in [2.24, 2.45) is 7.05 Å². The lowest BCUT2D eigenvalue weighted by molar-refractivity contribution is 0.103. The highest BCUT2D eigenvalue weighted by Crippen LogP contribution is 2.13. The third-order valence-electron chi connectivity index (χ3n) is 2.02. The van der Waals surface area contributed by atoms with E-state index in [0.29, 0.717) is 16.3 Å². The number of aromatic nitrogens is 2. The fourth-order valence-electron chi connectivity index (χ4n) is 1.31. The number of benzene rings is 1. The van der Waals surface area contributed by atoms with Crippen molar-refractivity contribution in [3.05, 3.63) is 53.1 Å². The first-order valence-electron chi connectivity index (χ1n) is 4.45. The summed E-state index contributed by atoms with van der Waals surface area (Å²) in [6.07, 6.45) is 3.28. The molecule has 3 nitrogen and oxygen atoms in total. The van der Waals surface area contributed by atoms with Crippen molar-refractivity contribution in [1.82, 2.24) is 9.55 Å². The summed E-state index contributed by atoms with van der Waals surface area (Å²) in [7, 11) is 1.82. The Morgan fingerprint density at radius 3 is 2.87 bits per heavy atom. The van der Waals surface area contributed by atoms with Crippen LogP contribution in [0.5, 0.6) is 0 Å². The molecule has 0 amide bonds. The number of imidazole rings is 1. The van der Waals surface area contributed by atoms with Gasteiger partial charge in [0.15, 0.2) is 0 Å². The predicted molar refractivity (Wildman–Crippen MR) is 58.1 cm³/mol. The Hall–Kier alpha value is -1.61. The van der Waals surface area contributed by atoms with E-state index in [1.165, 1.54) is 0 Å². The van der Waals surface area contributed by atoms with Gasteiger partial charge < -0.3 is 4.57 Å². The van der Waals surface area contributed by atoms with Crippen molar-refractivity contribution in [3.8, 4) is 0 Å². The summed E-state index contributed by atoms with van der Waals surface area (Å²) in [6.45, 7) is 0. The fraction of sp³-hybridized carbons (Fsp3) is 0.0909. The molecule has 0 bridgehead atoms. The molecule has 1 heterocycles. The van der Waals surface area contributed by atoms with Crippen molar-refractivity contribution in [2.75, 3.05) is 0 Å². The van der Waals surface area contributed by atoms with E-state index in [0.717, 1.165) is 0 Å². The van der Waals surface area contributed by atoms with Crippen LogP contribution < -0.4 is 0 Å². The molecule has 0 N–H and O–H groups in total. The number of carbonyl (C=O) groups excluding carboxylic acids is 1. The van der Waals surface area contributed by atoms with Gasteiger partial charge in [-0.05, 0) is 12.1 Å². The van der Waals surface area contributed by atoms with Gasteiger partial charge in [-0.15, -0.1) is 0 Å². The Kier molecular flexibility index (Phi) is 2.56. The highest BCUT2D eigenvalue weighted by molar-refractivity contribution is 6.31. The molecule has 15 heavy (non-hydrogen) atoms. The molecule has 0 saturated carbocycles. The first-order chi connectivity index (χ1) is 7.16. The predicted octanol–water partition coefficient (Wildman–Crippen LogP) is 2.30. The first-order valence-corrected chi connectivity index (χ1v) is 4.83. The van der Waals surface area contributed by atoms with E-state index in [4.69, 9.17) is 11.6 Å². The monoisotopic (exact) mass is 220 g/mol. The Labute approximate surface area is 92.3 Å². The van der Waals surface area contributed by atoms with Crippen molar-refractivity contribution >= 4 is 17.4 Å². The molecule has 0 aliphatic rings. The summed E-state index contributed by atoms with van der Waals surface area (Å²) < 4.78 is 1.73. The van der Waals surface area contributed by atoms with Crippen LogP contribution in [-0.4, -0.2) is 15.3 Å². The zero-order chi connectivity index (χ0) is 10.8. The second kappa shape index (κ2) is 3.87. The average Bonchev–Trinajstić information content (AvgIpc) is 2.64. The van der Waals surface area contributed by atoms with Gasteiger partial charge in [0.1, 0.15) is 5.69 Å². The minimum atomic E-state index is -0.113. The Morgan fingerprint density at radius 2 is 2.27 bits per heavy atom. The van der Waals surface area contributed by atoms with E-state index >= 15 is 0 Å². The molecule has 1 aromatic carbocycles.